The molecule has 0 saturated carbocycles. The maximum absolute atomic E-state index is 4.33. The molecule has 0 aliphatic rings. The number of hydrogen-bond acceptors (Lipinski definition) is 3. The van der Waals surface area contributed by atoms with Gasteiger partial charge < -0.3 is 10.6 Å². The highest BCUT2D eigenvalue weighted by molar-refractivity contribution is 14.0. The number of guanidine groups is 1. The summed E-state index contributed by atoms with van der Waals surface area (Å²) in [6, 6.07) is 15.0. The molecule has 1 aromatic carbocycles. The first-order valence-electron chi connectivity index (χ1n) is 8.75. The van der Waals surface area contributed by atoms with Crippen molar-refractivity contribution in [1.82, 2.24) is 20.4 Å². The molecule has 0 aliphatic heterocycles. The van der Waals surface area contributed by atoms with Crippen LogP contribution in [0.5, 0.6) is 0 Å². The molecule has 0 amide bonds. The molecule has 0 aliphatic carbocycles. The van der Waals surface area contributed by atoms with Gasteiger partial charge in [-0.25, -0.2) is 4.68 Å². The number of nitrogens with one attached hydrogen (secondary N) is 2. The van der Waals surface area contributed by atoms with Gasteiger partial charge in [0.1, 0.15) is 0 Å². The summed E-state index contributed by atoms with van der Waals surface area (Å²) in [5, 5.41) is 11.1. The fraction of sp³-hybridized carbons (Fsp3) is 0.300. The summed E-state index contributed by atoms with van der Waals surface area (Å²) in [5.74, 6) is 0.821. The van der Waals surface area contributed by atoms with Crippen molar-refractivity contribution < 1.29 is 0 Å². The second kappa shape index (κ2) is 10.5. The zero-order chi connectivity index (χ0) is 18.4. The summed E-state index contributed by atoms with van der Waals surface area (Å²) in [5.41, 5.74) is 2.26. The summed E-state index contributed by atoms with van der Waals surface area (Å²) in [7, 11) is 1.80. The van der Waals surface area contributed by atoms with E-state index in [4.69, 9.17) is 0 Å². The molecule has 2 aromatic heterocycles. The SMILES string of the molecule is CN=C(NCc1ccc(-n2cccn2)cc1)NC(C)Cc1ccc(C)s1.I. The Balaban J connectivity index is 0.00000261. The van der Waals surface area contributed by atoms with E-state index in [1.165, 1.54) is 15.3 Å². The molecule has 0 radical (unpaired) electrons. The van der Waals surface area contributed by atoms with E-state index in [0.29, 0.717) is 6.04 Å². The molecule has 3 aromatic rings. The van der Waals surface area contributed by atoms with E-state index in [9.17, 15) is 0 Å². The Hall–Kier alpha value is -1.87. The highest BCUT2D eigenvalue weighted by Gasteiger charge is 2.08. The quantitative estimate of drug-likeness (QED) is 0.307. The lowest BCUT2D eigenvalue weighted by Gasteiger charge is -2.17. The van der Waals surface area contributed by atoms with Crippen LogP contribution in [0.3, 0.4) is 0 Å². The van der Waals surface area contributed by atoms with Gasteiger partial charge in [0, 0.05) is 48.2 Å². The Morgan fingerprint density at radius 3 is 2.59 bits per heavy atom. The van der Waals surface area contributed by atoms with Gasteiger partial charge in [0.15, 0.2) is 5.96 Å². The predicted octanol–water partition coefficient (Wildman–Crippen LogP) is 4.16. The molecule has 7 heteroatoms. The van der Waals surface area contributed by atoms with Crippen LogP contribution >= 0.6 is 35.3 Å². The van der Waals surface area contributed by atoms with Crippen LogP contribution in [0.25, 0.3) is 5.69 Å². The van der Waals surface area contributed by atoms with E-state index in [1.54, 1.807) is 13.2 Å². The third kappa shape index (κ3) is 6.35. The van der Waals surface area contributed by atoms with Crippen molar-refractivity contribution in [3.8, 4) is 5.69 Å². The molecule has 1 atom stereocenters. The Morgan fingerprint density at radius 1 is 1.22 bits per heavy atom. The van der Waals surface area contributed by atoms with Crippen LogP contribution in [0.1, 0.15) is 22.2 Å². The molecule has 0 fully saturated rings. The molecule has 0 saturated heterocycles. The van der Waals surface area contributed by atoms with Crippen molar-refractivity contribution in [2.75, 3.05) is 7.05 Å². The molecule has 1 unspecified atom stereocenters. The molecular weight excluding hydrogens is 469 g/mol. The molecule has 0 spiro atoms. The van der Waals surface area contributed by atoms with Gasteiger partial charge in [-0.1, -0.05) is 12.1 Å². The van der Waals surface area contributed by atoms with Gasteiger partial charge in [-0.15, -0.1) is 35.3 Å². The van der Waals surface area contributed by atoms with Crippen molar-refractivity contribution >= 4 is 41.3 Å². The summed E-state index contributed by atoms with van der Waals surface area (Å²) in [6.07, 6.45) is 4.72. The van der Waals surface area contributed by atoms with Gasteiger partial charge in [-0.3, -0.25) is 4.99 Å². The average molecular weight is 495 g/mol. The van der Waals surface area contributed by atoms with Crippen LogP contribution in [0, 0.1) is 6.92 Å². The lowest BCUT2D eigenvalue weighted by Crippen LogP contribution is -2.42. The number of halogens is 1. The maximum atomic E-state index is 4.33. The lowest BCUT2D eigenvalue weighted by atomic mass is 10.2. The first kappa shape index (κ1) is 21.4. The Kier molecular flexibility index (Phi) is 8.30. The second-order valence-corrected chi connectivity index (χ2v) is 7.68. The summed E-state index contributed by atoms with van der Waals surface area (Å²) >= 11 is 1.85. The minimum atomic E-state index is 0. The third-order valence-corrected chi connectivity index (χ3v) is 5.10. The number of thiophene rings is 1. The van der Waals surface area contributed by atoms with Crippen LogP contribution < -0.4 is 10.6 Å². The standard InChI is InChI=1S/C20H25N5S.HI/c1-15(13-19-10-5-16(2)26-19)24-20(21-3)22-14-17-6-8-18(9-7-17)25-12-4-11-23-25;/h4-12,15H,13-14H2,1-3H3,(H2,21,22,24);1H. The zero-order valence-corrected chi connectivity index (χ0v) is 19.0. The monoisotopic (exact) mass is 495 g/mol. The maximum Gasteiger partial charge on any atom is 0.191 e. The predicted molar refractivity (Wildman–Crippen MR) is 125 cm³/mol. The zero-order valence-electron chi connectivity index (χ0n) is 15.8. The largest absolute Gasteiger partial charge is 0.354 e. The molecule has 2 N–H and O–H groups in total. The first-order valence-corrected chi connectivity index (χ1v) is 9.57. The van der Waals surface area contributed by atoms with Crippen molar-refractivity contribution in [2.24, 2.45) is 4.99 Å². The third-order valence-electron chi connectivity index (χ3n) is 4.08. The molecule has 3 rings (SSSR count). The Morgan fingerprint density at radius 2 is 2.00 bits per heavy atom. The number of hydrogen-bond donors (Lipinski definition) is 2. The van der Waals surface area contributed by atoms with Gasteiger partial charge in [0.25, 0.3) is 0 Å². The van der Waals surface area contributed by atoms with E-state index >= 15 is 0 Å². The van der Waals surface area contributed by atoms with Crippen molar-refractivity contribution in [2.45, 2.75) is 32.9 Å². The number of aromatic nitrogens is 2. The Bertz CT molecular complexity index is 840. The topological polar surface area (TPSA) is 54.2 Å². The second-order valence-electron chi connectivity index (χ2n) is 6.30. The number of nitrogens with zero attached hydrogens (tertiary/aromatic N) is 3. The van der Waals surface area contributed by atoms with Gasteiger partial charge >= 0.3 is 0 Å². The molecule has 27 heavy (non-hydrogen) atoms. The minimum absolute atomic E-state index is 0. The van der Waals surface area contributed by atoms with E-state index in [-0.39, 0.29) is 24.0 Å². The van der Waals surface area contributed by atoms with Crippen molar-refractivity contribution in [3.05, 3.63) is 70.2 Å². The van der Waals surface area contributed by atoms with Crippen LogP contribution in [0.15, 0.2) is 59.9 Å². The highest BCUT2D eigenvalue weighted by atomic mass is 127. The van der Waals surface area contributed by atoms with E-state index < -0.39 is 0 Å². The fourth-order valence-corrected chi connectivity index (χ4v) is 3.77. The number of rotatable bonds is 6. The van der Waals surface area contributed by atoms with Crippen molar-refractivity contribution in [1.29, 1.82) is 0 Å². The summed E-state index contributed by atoms with van der Waals surface area (Å²) in [4.78, 5) is 7.08. The Labute approximate surface area is 181 Å². The molecule has 144 valence electrons. The first-order chi connectivity index (χ1) is 12.6. The molecule has 2 heterocycles. The van der Waals surface area contributed by atoms with Crippen molar-refractivity contribution in [3.63, 3.8) is 0 Å². The van der Waals surface area contributed by atoms with E-state index in [2.05, 4.69) is 71.0 Å². The van der Waals surface area contributed by atoms with Gasteiger partial charge in [0.05, 0.1) is 5.69 Å². The van der Waals surface area contributed by atoms with Crippen LogP contribution in [0.2, 0.25) is 0 Å². The normalized spacial score (nSPS) is 12.3. The van der Waals surface area contributed by atoms with Crippen LogP contribution in [-0.4, -0.2) is 28.8 Å². The number of benzene rings is 1. The summed E-state index contributed by atoms with van der Waals surface area (Å²) in [6.45, 7) is 5.05. The summed E-state index contributed by atoms with van der Waals surface area (Å²) < 4.78 is 1.85. The smallest absolute Gasteiger partial charge is 0.191 e. The van der Waals surface area contributed by atoms with Crippen LogP contribution in [-0.2, 0) is 13.0 Å². The van der Waals surface area contributed by atoms with E-state index in [0.717, 1.165) is 24.6 Å². The fourth-order valence-electron chi connectivity index (χ4n) is 2.75. The van der Waals surface area contributed by atoms with Gasteiger partial charge in [-0.05, 0) is 49.7 Å². The highest BCUT2D eigenvalue weighted by Crippen LogP contribution is 2.16. The average Bonchev–Trinajstić information content (AvgIpc) is 3.31. The minimum Gasteiger partial charge on any atom is -0.354 e. The number of aliphatic imine (C=N–C) groups is 1. The molecule has 0 bridgehead atoms. The molecular formula is C20H26IN5S. The van der Waals surface area contributed by atoms with Gasteiger partial charge in [-0.2, -0.15) is 5.10 Å². The van der Waals surface area contributed by atoms with Gasteiger partial charge in [0.2, 0.25) is 0 Å². The molecule has 5 nitrogen and oxygen atoms in total. The number of aryl methyl sites for hydroxylation is 1. The van der Waals surface area contributed by atoms with E-state index in [1.807, 2.05) is 28.3 Å². The lowest BCUT2D eigenvalue weighted by molar-refractivity contribution is 0.645. The van der Waals surface area contributed by atoms with Crippen LogP contribution in [0.4, 0.5) is 0 Å².